The fraction of sp³-hybridized carbons (Fsp3) is 0.520. The number of likely N-dealkylation sites (tertiary alicyclic amines) is 2. The van der Waals surface area contributed by atoms with Crippen LogP contribution in [0.5, 0.6) is 5.75 Å². The number of hydrogen-bond acceptors (Lipinski definition) is 6. The van der Waals surface area contributed by atoms with E-state index in [1.54, 1.807) is 26.7 Å². The number of nitrogens with zero attached hydrogens (tertiary/aromatic N) is 5. The molecule has 2 aromatic rings. The van der Waals surface area contributed by atoms with Crippen LogP contribution in [-0.4, -0.2) is 63.4 Å². The van der Waals surface area contributed by atoms with Gasteiger partial charge in [-0.25, -0.2) is 9.18 Å². The summed E-state index contributed by atoms with van der Waals surface area (Å²) in [6.07, 6.45) is 5.38. The number of hydrogen-bond donors (Lipinski definition) is 0. The Morgan fingerprint density at radius 1 is 1.20 bits per heavy atom. The number of carbonyl (C=O) groups is 2. The minimum atomic E-state index is -0.624. The van der Waals surface area contributed by atoms with E-state index in [0.29, 0.717) is 55.8 Å². The van der Waals surface area contributed by atoms with E-state index in [2.05, 4.69) is 11.2 Å². The van der Waals surface area contributed by atoms with E-state index in [0.717, 1.165) is 19.3 Å². The number of carbonyl (C=O) groups excluding carboxylic acids is 2. The van der Waals surface area contributed by atoms with Crippen molar-refractivity contribution in [2.24, 2.45) is 0 Å². The Morgan fingerprint density at radius 3 is 2.54 bits per heavy atom. The van der Waals surface area contributed by atoms with Crippen LogP contribution in [0, 0.1) is 17.1 Å². The summed E-state index contributed by atoms with van der Waals surface area (Å²) in [5.74, 6) is -0.796. The van der Waals surface area contributed by atoms with E-state index in [1.165, 1.54) is 12.1 Å². The molecule has 3 aliphatic rings. The lowest BCUT2D eigenvalue weighted by Crippen LogP contribution is -2.42. The molecule has 0 unspecified atom stereocenters. The van der Waals surface area contributed by atoms with E-state index in [1.807, 2.05) is 6.92 Å². The maximum atomic E-state index is 14.6. The highest BCUT2D eigenvalue weighted by Crippen LogP contribution is 2.39. The quantitative estimate of drug-likeness (QED) is 0.624. The molecule has 3 fully saturated rings. The molecule has 9 nitrogen and oxygen atoms in total. The molecular formula is C25H28FN5O4. The van der Waals surface area contributed by atoms with E-state index in [-0.39, 0.29) is 36.0 Å². The van der Waals surface area contributed by atoms with Gasteiger partial charge >= 0.3 is 6.09 Å². The number of halogens is 1. The van der Waals surface area contributed by atoms with E-state index in [4.69, 9.17) is 9.47 Å². The van der Waals surface area contributed by atoms with Crippen LogP contribution < -0.4 is 4.74 Å². The summed E-state index contributed by atoms with van der Waals surface area (Å²) < 4.78 is 27.4. The number of piperidine rings is 1. The second-order valence-corrected chi connectivity index (χ2v) is 9.69. The monoisotopic (exact) mass is 481 g/mol. The highest BCUT2D eigenvalue weighted by Gasteiger charge is 2.43. The van der Waals surface area contributed by atoms with Crippen molar-refractivity contribution in [2.45, 2.75) is 57.3 Å². The van der Waals surface area contributed by atoms with Crippen molar-refractivity contribution < 1.29 is 23.5 Å². The van der Waals surface area contributed by atoms with E-state index < -0.39 is 5.82 Å². The average Bonchev–Trinajstić information content (AvgIpc) is 3.39. The average molecular weight is 482 g/mol. The second-order valence-electron chi connectivity index (χ2n) is 9.69. The molecule has 1 aromatic carbocycles. The van der Waals surface area contributed by atoms with Crippen molar-refractivity contribution in [2.75, 3.05) is 26.2 Å². The first kappa shape index (κ1) is 23.1. The summed E-state index contributed by atoms with van der Waals surface area (Å²) in [6.45, 7) is 4.37. The molecule has 5 rings (SSSR count). The van der Waals surface area contributed by atoms with Gasteiger partial charge in [0.2, 0.25) is 0 Å². The van der Waals surface area contributed by atoms with Crippen LogP contribution in [0.3, 0.4) is 0 Å². The number of rotatable bonds is 6. The number of aromatic nitrogens is 2. The van der Waals surface area contributed by atoms with Crippen LogP contribution in [0.1, 0.15) is 66.7 Å². The molecule has 10 heteroatoms. The van der Waals surface area contributed by atoms with E-state index in [9.17, 15) is 19.2 Å². The van der Waals surface area contributed by atoms with Gasteiger partial charge in [-0.2, -0.15) is 10.4 Å². The Bertz CT molecular complexity index is 1170. The molecule has 35 heavy (non-hydrogen) atoms. The van der Waals surface area contributed by atoms with Gasteiger partial charge in [-0.15, -0.1) is 0 Å². The van der Waals surface area contributed by atoms with Crippen molar-refractivity contribution in [1.82, 2.24) is 19.6 Å². The molecule has 3 heterocycles. The topological polar surface area (TPSA) is 101 Å². The maximum Gasteiger partial charge on any atom is 0.410 e. The highest BCUT2D eigenvalue weighted by molar-refractivity contribution is 5.94. The fourth-order valence-electron chi connectivity index (χ4n) is 4.36. The van der Waals surface area contributed by atoms with E-state index >= 15 is 0 Å². The van der Waals surface area contributed by atoms with Crippen LogP contribution in [0.2, 0.25) is 0 Å². The third-order valence-electron chi connectivity index (χ3n) is 7.04. The van der Waals surface area contributed by atoms with Gasteiger partial charge in [-0.3, -0.25) is 9.48 Å². The standard InChI is InChI=1S/C25H28FN5O4/c1-25(7-8-25)35-24(33)30-11-5-19(6-12-30)31-21(14-27)18(15-28-31)16-34-22-4-3-17(13-20(22)26)23(32)29-9-2-10-29/h3-4,13,15,19H,2,5-12,16H2,1H3. The van der Waals surface area contributed by atoms with Crippen LogP contribution in [0.4, 0.5) is 9.18 Å². The second kappa shape index (κ2) is 9.21. The number of benzene rings is 1. The van der Waals surface area contributed by atoms with Crippen LogP contribution in [0.15, 0.2) is 24.4 Å². The Hall–Kier alpha value is -3.61. The fourth-order valence-corrected chi connectivity index (χ4v) is 4.36. The zero-order valence-electron chi connectivity index (χ0n) is 19.7. The molecule has 0 atom stereocenters. The molecule has 0 radical (unpaired) electrons. The van der Waals surface area contributed by atoms with Crippen molar-refractivity contribution in [1.29, 1.82) is 5.26 Å². The molecule has 2 saturated heterocycles. The van der Waals surface area contributed by atoms with Gasteiger partial charge in [-0.05, 0) is 57.2 Å². The predicted molar refractivity (Wildman–Crippen MR) is 122 cm³/mol. The number of nitriles is 1. The predicted octanol–water partition coefficient (Wildman–Crippen LogP) is 3.64. The van der Waals surface area contributed by atoms with Gasteiger partial charge in [0, 0.05) is 37.3 Å². The minimum Gasteiger partial charge on any atom is -0.486 e. The minimum absolute atomic E-state index is 0.0120. The largest absolute Gasteiger partial charge is 0.486 e. The molecule has 0 bridgehead atoms. The zero-order chi connectivity index (χ0) is 24.6. The normalized spacial score (nSPS) is 19.0. The Balaban J connectivity index is 1.19. The first-order chi connectivity index (χ1) is 16.9. The summed E-state index contributed by atoms with van der Waals surface area (Å²) in [5, 5.41) is 14.1. The van der Waals surface area contributed by atoms with Gasteiger partial charge in [0.1, 0.15) is 24.0 Å². The molecule has 1 aromatic heterocycles. The van der Waals surface area contributed by atoms with Gasteiger partial charge in [0.05, 0.1) is 12.2 Å². The first-order valence-corrected chi connectivity index (χ1v) is 12.0. The van der Waals surface area contributed by atoms with Crippen molar-refractivity contribution in [3.63, 3.8) is 0 Å². The van der Waals surface area contributed by atoms with Crippen molar-refractivity contribution >= 4 is 12.0 Å². The smallest absolute Gasteiger partial charge is 0.410 e. The summed E-state index contributed by atoms with van der Waals surface area (Å²) in [6, 6.07) is 6.34. The van der Waals surface area contributed by atoms with Crippen molar-refractivity contribution in [3.8, 4) is 11.8 Å². The van der Waals surface area contributed by atoms with Gasteiger partial charge < -0.3 is 19.3 Å². The van der Waals surface area contributed by atoms with Gasteiger partial charge in [-0.1, -0.05) is 0 Å². The van der Waals surface area contributed by atoms with Crippen LogP contribution in [0.25, 0.3) is 0 Å². The summed E-state index contributed by atoms with van der Waals surface area (Å²) in [7, 11) is 0. The molecular weight excluding hydrogens is 453 g/mol. The lowest BCUT2D eigenvalue weighted by Gasteiger charge is -2.32. The Morgan fingerprint density at radius 2 is 1.94 bits per heavy atom. The highest BCUT2D eigenvalue weighted by atomic mass is 19.1. The zero-order valence-corrected chi connectivity index (χ0v) is 19.7. The SMILES string of the molecule is CC1(OC(=O)N2CCC(n3ncc(COc4ccc(C(=O)N5CCC5)cc4F)c3C#N)CC2)CC1. The summed E-state index contributed by atoms with van der Waals surface area (Å²) >= 11 is 0. The Labute approximate surface area is 203 Å². The first-order valence-electron chi connectivity index (χ1n) is 12.0. The van der Waals surface area contributed by atoms with Gasteiger partial charge in [0.25, 0.3) is 5.91 Å². The summed E-state index contributed by atoms with van der Waals surface area (Å²) in [5.41, 5.74) is 0.905. The van der Waals surface area contributed by atoms with Gasteiger partial charge in [0.15, 0.2) is 11.6 Å². The third-order valence-corrected chi connectivity index (χ3v) is 7.04. The number of ether oxygens (including phenoxy) is 2. The van der Waals surface area contributed by atoms with Crippen molar-refractivity contribution in [3.05, 3.63) is 47.0 Å². The molecule has 1 saturated carbocycles. The lowest BCUT2D eigenvalue weighted by atomic mass is 10.1. The molecule has 1 aliphatic carbocycles. The Kier molecular flexibility index (Phi) is 6.09. The number of amides is 2. The molecule has 0 spiro atoms. The lowest BCUT2D eigenvalue weighted by molar-refractivity contribution is 0.0489. The maximum absolute atomic E-state index is 14.6. The molecule has 2 amide bonds. The van der Waals surface area contributed by atoms with Crippen LogP contribution in [-0.2, 0) is 11.3 Å². The van der Waals surface area contributed by atoms with Crippen LogP contribution >= 0.6 is 0 Å². The molecule has 184 valence electrons. The summed E-state index contributed by atoms with van der Waals surface area (Å²) in [4.78, 5) is 28.0. The molecule has 2 aliphatic heterocycles. The third kappa shape index (κ3) is 4.81. The molecule has 0 N–H and O–H groups in total.